The molecule has 1 N–H and O–H groups in total. The first kappa shape index (κ1) is 32.1. The molecule has 1 aromatic heterocycles. The van der Waals surface area contributed by atoms with Crippen molar-refractivity contribution >= 4 is 51.2 Å². The fourth-order valence-electron chi connectivity index (χ4n) is 4.91. The van der Waals surface area contributed by atoms with Crippen LogP contribution in [-0.2, 0) is 27.3 Å². The molecule has 0 bridgehead atoms. The number of aromatic nitrogens is 3. The normalized spacial score (nSPS) is 14.8. The van der Waals surface area contributed by atoms with E-state index in [1.54, 1.807) is 4.68 Å². The summed E-state index contributed by atoms with van der Waals surface area (Å²) >= 11 is 11.5. The van der Waals surface area contributed by atoms with Crippen LogP contribution in [0.3, 0.4) is 0 Å². The van der Waals surface area contributed by atoms with Crippen LogP contribution >= 0.6 is 39.3 Å². The summed E-state index contributed by atoms with van der Waals surface area (Å²) in [7, 11) is 0. The first-order valence-corrected chi connectivity index (χ1v) is 16.6. The summed E-state index contributed by atoms with van der Waals surface area (Å²) in [4.78, 5) is 18.4. The number of rotatable bonds is 9. The lowest BCUT2D eigenvalue weighted by Crippen LogP contribution is -2.31. The van der Waals surface area contributed by atoms with E-state index in [1.807, 2.05) is 63.2 Å². The second-order valence-corrected chi connectivity index (χ2v) is 14.2. The number of hydrogen-bond donors (Lipinski definition) is 1. The van der Waals surface area contributed by atoms with E-state index in [1.165, 1.54) is 17.3 Å². The van der Waals surface area contributed by atoms with Gasteiger partial charge in [0, 0.05) is 26.5 Å². The van der Waals surface area contributed by atoms with E-state index in [4.69, 9.17) is 31.2 Å². The third kappa shape index (κ3) is 7.33. The second-order valence-electron chi connectivity index (χ2n) is 12.0. The zero-order chi connectivity index (χ0) is 31.6. The van der Waals surface area contributed by atoms with Crippen LogP contribution in [0, 0.1) is 0 Å². The molecular formula is C34H36BrClN4O3S. The molecule has 0 radical (unpaired) electrons. The summed E-state index contributed by atoms with van der Waals surface area (Å²) < 4.78 is 14.8. The number of carbonyl (C=O) groups excluding carboxylic acids is 1. The number of allylic oxidation sites excluding steroid dienone is 1. The molecule has 1 aliphatic rings. The van der Waals surface area contributed by atoms with Gasteiger partial charge in [0.25, 0.3) is 0 Å². The molecule has 0 amide bonds. The highest BCUT2D eigenvalue weighted by Gasteiger charge is 2.37. The van der Waals surface area contributed by atoms with E-state index in [9.17, 15) is 4.79 Å². The van der Waals surface area contributed by atoms with Crippen LogP contribution < -0.4 is 10.1 Å². The maximum absolute atomic E-state index is 13.6. The molecule has 0 saturated heterocycles. The molecule has 1 unspecified atom stereocenters. The van der Waals surface area contributed by atoms with Gasteiger partial charge >= 0.3 is 5.97 Å². The van der Waals surface area contributed by atoms with Crippen LogP contribution in [0.2, 0.25) is 5.02 Å². The summed E-state index contributed by atoms with van der Waals surface area (Å²) in [6.07, 6.45) is -0.295. The number of nitrogens with zero attached hydrogens (tertiary/aromatic N) is 3. The highest BCUT2D eigenvalue weighted by Crippen LogP contribution is 2.42. The Bertz CT molecular complexity index is 1700. The fraction of sp³-hybridized carbons (Fsp3) is 0.324. The van der Waals surface area contributed by atoms with Gasteiger partial charge in [0.1, 0.15) is 18.4 Å². The van der Waals surface area contributed by atoms with Gasteiger partial charge in [-0.3, -0.25) is 0 Å². The number of anilines is 1. The van der Waals surface area contributed by atoms with E-state index in [0.29, 0.717) is 45.5 Å². The van der Waals surface area contributed by atoms with Crippen LogP contribution in [0.4, 0.5) is 5.95 Å². The van der Waals surface area contributed by atoms with Crippen molar-refractivity contribution in [2.75, 3.05) is 5.32 Å². The van der Waals surface area contributed by atoms with Gasteiger partial charge in [-0.2, -0.15) is 4.98 Å². The summed E-state index contributed by atoms with van der Waals surface area (Å²) in [5, 5.41) is 9.40. The van der Waals surface area contributed by atoms with Crippen molar-refractivity contribution < 1.29 is 14.3 Å². The zero-order valence-corrected chi connectivity index (χ0v) is 28.8. The van der Waals surface area contributed by atoms with Crippen molar-refractivity contribution in [3.05, 3.63) is 110 Å². The molecule has 4 aromatic rings. The number of hydrogen-bond acceptors (Lipinski definition) is 7. The Hall–Kier alpha value is -3.27. The lowest BCUT2D eigenvalue weighted by Gasteiger charge is -2.29. The lowest BCUT2D eigenvalue weighted by atomic mass is 9.87. The number of nitrogens with one attached hydrogen (secondary N) is 1. The zero-order valence-electron chi connectivity index (χ0n) is 25.7. The van der Waals surface area contributed by atoms with Gasteiger partial charge in [0.2, 0.25) is 11.1 Å². The van der Waals surface area contributed by atoms with Crippen LogP contribution in [-0.4, -0.2) is 26.8 Å². The van der Waals surface area contributed by atoms with Gasteiger partial charge in [0.15, 0.2) is 0 Å². The van der Waals surface area contributed by atoms with Crippen LogP contribution in [0.25, 0.3) is 0 Å². The Balaban J connectivity index is 1.51. The van der Waals surface area contributed by atoms with Crippen molar-refractivity contribution in [1.29, 1.82) is 0 Å². The number of carbonyl (C=O) groups is 1. The van der Waals surface area contributed by atoms with Gasteiger partial charge in [-0.05, 0) is 67.1 Å². The highest BCUT2D eigenvalue weighted by atomic mass is 79.9. The highest BCUT2D eigenvalue weighted by molar-refractivity contribution is 9.10. The average molecular weight is 696 g/mol. The molecule has 3 aromatic carbocycles. The standard InChI is InChI=1S/C34H36BrClN4O3S/c1-20(2)43-31(41)29-21(3)37-32-38-33(44-19-23-9-7-8-10-27(23)36)39-40(32)30(29)26-17-25(35)15-16-28(26)42-18-22-11-13-24(14-12-22)34(4,5)6/h7-17,20,30H,18-19H2,1-6H3,(H,37,38,39). The first-order valence-electron chi connectivity index (χ1n) is 14.4. The van der Waals surface area contributed by atoms with Gasteiger partial charge in [-0.15, -0.1) is 5.10 Å². The van der Waals surface area contributed by atoms with Crippen LogP contribution in [0.1, 0.15) is 69.8 Å². The van der Waals surface area contributed by atoms with Crippen molar-refractivity contribution in [1.82, 2.24) is 14.8 Å². The molecule has 0 saturated carbocycles. The quantitative estimate of drug-likeness (QED) is 0.138. The molecule has 230 valence electrons. The molecule has 5 rings (SSSR count). The van der Waals surface area contributed by atoms with E-state index >= 15 is 0 Å². The Morgan fingerprint density at radius 3 is 2.52 bits per heavy atom. The number of ether oxygens (including phenoxy) is 2. The molecule has 0 spiro atoms. The summed E-state index contributed by atoms with van der Waals surface area (Å²) in [6, 6.07) is 21.4. The second kappa shape index (κ2) is 13.4. The average Bonchev–Trinajstić information content (AvgIpc) is 3.37. The predicted octanol–water partition coefficient (Wildman–Crippen LogP) is 9.10. The number of halogens is 2. The van der Waals surface area contributed by atoms with Gasteiger partial charge < -0.3 is 14.8 Å². The summed E-state index contributed by atoms with van der Waals surface area (Å²) in [5.41, 5.74) is 5.21. The molecular weight excluding hydrogens is 660 g/mol. The van der Waals surface area contributed by atoms with E-state index in [-0.39, 0.29) is 11.5 Å². The maximum Gasteiger partial charge on any atom is 0.338 e. The largest absolute Gasteiger partial charge is 0.489 e. The number of thioether (sulfide) groups is 1. The molecule has 10 heteroatoms. The van der Waals surface area contributed by atoms with Crippen molar-refractivity contribution in [3.8, 4) is 5.75 Å². The minimum atomic E-state index is -0.643. The van der Waals surface area contributed by atoms with Gasteiger partial charge in [0.05, 0.1) is 11.7 Å². The number of esters is 1. The predicted molar refractivity (Wildman–Crippen MR) is 180 cm³/mol. The molecule has 0 fully saturated rings. The van der Waals surface area contributed by atoms with Gasteiger partial charge in [-0.1, -0.05) is 103 Å². The Morgan fingerprint density at radius 2 is 1.84 bits per heavy atom. The Labute approximate surface area is 276 Å². The van der Waals surface area contributed by atoms with Crippen LogP contribution in [0.15, 0.2) is 87.6 Å². The number of fused-ring (bicyclic) bond motifs is 1. The third-order valence-corrected chi connectivity index (χ3v) is 8.94. The van der Waals surface area contributed by atoms with Crippen molar-refractivity contribution in [2.24, 2.45) is 0 Å². The van der Waals surface area contributed by atoms with Crippen molar-refractivity contribution in [2.45, 2.75) is 76.6 Å². The van der Waals surface area contributed by atoms with Crippen LogP contribution in [0.5, 0.6) is 5.75 Å². The number of benzene rings is 3. The Morgan fingerprint density at radius 1 is 1.11 bits per heavy atom. The monoisotopic (exact) mass is 694 g/mol. The lowest BCUT2D eigenvalue weighted by molar-refractivity contribution is -0.143. The Kier molecular flexibility index (Phi) is 9.77. The third-order valence-electron chi connectivity index (χ3n) is 7.19. The molecule has 0 aliphatic carbocycles. The summed E-state index contributed by atoms with van der Waals surface area (Å²) in [6.45, 7) is 12.5. The van der Waals surface area contributed by atoms with Crippen molar-refractivity contribution in [3.63, 3.8) is 0 Å². The van der Waals surface area contributed by atoms with E-state index in [2.05, 4.69) is 66.3 Å². The molecule has 1 atom stereocenters. The topological polar surface area (TPSA) is 78.3 Å². The first-order chi connectivity index (χ1) is 20.9. The molecule has 44 heavy (non-hydrogen) atoms. The summed E-state index contributed by atoms with van der Waals surface area (Å²) in [5.74, 6) is 1.33. The minimum Gasteiger partial charge on any atom is -0.489 e. The minimum absolute atomic E-state index is 0.0679. The smallest absolute Gasteiger partial charge is 0.338 e. The van der Waals surface area contributed by atoms with Gasteiger partial charge in [-0.25, -0.2) is 9.48 Å². The van der Waals surface area contributed by atoms with E-state index < -0.39 is 12.0 Å². The fourth-order valence-corrected chi connectivity index (χ4v) is 6.40. The molecule has 2 heterocycles. The maximum atomic E-state index is 13.6. The molecule has 7 nitrogen and oxygen atoms in total. The molecule has 1 aliphatic heterocycles. The van der Waals surface area contributed by atoms with E-state index in [0.717, 1.165) is 21.2 Å². The SMILES string of the molecule is CC1=C(C(=O)OC(C)C)C(c2cc(Br)ccc2OCc2ccc(C(C)(C)C)cc2)n2nc(SCc3ccccc3Cl)nc2N1.